The molecule has 0 aromatic heterocycles. The van der Waals surface area contributed by atoms with Gasteiger partial charge in [-0.15, -0.1) is 0 Å². The maximum absolute atomic E-state index is 13.2. The third kappa shape index (κ3) is 3.79. The SMILES string of the molecule is Cc1cccc2c1N(C(=O)C1CCN(S(=O)(=O)c3ccc(C(C)C)cc3)CC1)CC2. The van der Waals surface area contributed by atoms with Crippen LogP contribution < -0.4 is 4.90 Å². The molecular weight excluding hydrogens is 396 g/mol. The van der Waals surface area contributed by atoms with Crippen molar-refractivity contribution in [2.45, 2.75) is 50.8 Å². The number of carbonyl (C=O) groups is 1. The molecule has 30 heavy (non-hydrogen) atoms. The van der Waals surface area contributed by atoms with Crippen LogP contribution in [0.1, 0.15) is 49.3 Å². The van der Waals surface area contributed by atoms with Crippen LogP contribution in [0, 0.1) is 12.8 Å². The van der Waals surface area contributed by atoms with Crippen LogP contribution >= 0.6 is 0 Å². The van der Waals surface area contributed by atoms with Crippen molar-refractivity contribution < 1.29 is 13.2 Å². The molecule has 1 fully saturated rings. The van der Waals surface area contributed by atoms with Gasteiger partial charge in [0.25, 0.3) is 0 Å². The van der Waals surface area contributed by atoms with E-state index in [1.807, 2.05) is 36.1 Å². The minimum Gasteiger partial charge on any atom is -0.311 e. The van der Waals surface area contributed by atoms with Crippen LogP contribution in [-0.4, -0.2) is 38.3 Å². The summed E-state index contributed by atoms with van der Waals surface area (Å²) < 4.78 is 27.6. The molecular formula is C24H30N2O3S. The molecule has 2 aromatic rings. The number of sulfonamides is 1. The molecule has 4 rings (SSSR count). The fraction of sp³-hybridized carbons (Fsp3) is 0.458. The van der Waals surface area contributed by atoms with Crippen LogP contribution in [0.15, 0.2) is 47.4 Å². The number of anilines is 1. The van der Waals surface area contributed by atoms with Gasteiger partial charge in [0.1, 0.15) is 0 Å². The van der Waals surface area contributed by atoms with Gasteiger partial charge in [-0.3, -0.25) is 4.79 Å². The topological polar surface area (TPSA) is 57.7 Å². The van der Waals surface area contributed by atoms with E-state index in [2.05, 4.69) is 19.9 Å². The van der Waals surface area contributed by atoms with Crippen molar-refractivity contribution in [2.75, 3.05) is 24.5 Å². The lowest BCUT2D eigenvalue weighted by molar-refractivity contribution is -0.123. The van der Waals surface area contributed by atoms with E-state index < -0.39 is 10.0 Å². The number of fused-ring (bicyclic) bond motifs is 1. The van der Waals surface area contributed by atoms with Gasteiger partial charge < -0.3 is 4.90 Å². The Labute approximate surface area is 179 Å². The molecule has 0 aliphatic carbocycles. The molecule has 0 N–H and O–H groups in total. The standard InChI is InChI=1S/C24H30N2O3S/c1-17(2)19-7-9-22(10-8-19)30(28,29)25-14-11-21(12-15-25)24(27)26-16-13-20-6-4-5-18(3)23(20)26/h4-10,17,21H,11-16H2,1-3H3. The number of hydrogen-bond donors (Lipinski definition) is 0. The minimum atomic E-state index is -3.52. The largest absolute Gasteiger partial charge is 0.311 e. The summed E-state index contributed by atoms with van der Waals surface area (Å²) in [6.07, 6.45) is 2.03. The molecule has 1 saturated heterocycles. The van der Waals surface area contributed by atoms with Crippen molar-refractivity contribution in [2.24, 2.45) is 5.92 Å². The molecule has 2 heterocycles. The van der Waals surface area contributed by atoms with E-state index >= 15 is 0 Å². The highest BCUT2D eigenvalue weighted by Gasteiger charge is 2.36. The minimum absolute atomic E-state index is 0.120. The summed E-state index contributed by atoms with van der Waals surface area (Å²) in [6.45, 7) is 7.72. The summed E-state index contributed by atoms with van der Waals surface area (Å²) in [5.41, 5.74) is 4.54. The van der Waals surface area contributed by atoms with Crippen LogP contribution in [-0.2, 0) is 21.2 Å². The zero-order valence-electron chi connectivity index (χ0n) is 18.0. The van der Waals surface area contributed by atoms with Crippen molar-refractivity contribution >= 4 is 21.6 Å². The van der Waals surface area contributed by atoms with Crippen LogP contribution in [0.2, 0.25) is 0 Å². The number of para-hydroxylation sites is 1. The summed E-state index contributed by atoms with van der Waals surface area (Å²) >= 11 is 0. The van der Waals surface area contributed by atoms with Crippen molar-refractivity contribution in [1.29, 1.82) is 0 Å². The normalized spacial score (nSPS) is 18.1. The Hall–Kier alpha value is -2.18. The van der Waals surface area contributed by atoms with Gasteiger partial charge in [-0.2, -0.15) is 4.31 Å². The van der Waals surface area contributed by atoms with E-state index in [0.717, 1.165) is 29.8 Å². The highest BCUT2D eigenvalue weighted by molar-refractivity contribution is 7.89. The molecule has 0 unspecified atom stereocenters. The Morgan fingerprint density at radius 3 is 2.30 bits per heavy atom. The van der Waals surface area contributed by atoms with E-state index in [9.17, 15) is 13.2 Å². The third-order valence-corrected chi connectivity index (χ3v) is 8.36. The predicted molar refractivity (Wildman–Crippen MR) is 119 cm³/mol. The second-order valence-electron chi connectivity index (χ2n) is 8.72. The lowest BCUT2D eigenvalue weighted by Crippen LogP contribution is -2.44. The van der Waals surface area contributed by atoms with Crippen molar-refractivity contribution in [3.63, 3.8) is 0 Å². The fourth-order valence-corrected chi connectivity index (χ4v) is 6.08. The second kappa shape index (κ2) is 8.16. The Morgan fingerprint density at radius 1 is 1.00 bits per heavy atom. The van der Waals surface area contributed by atoms with Crippen molar-refractivity contribution in [1.82, 2.24) is 4.31 Å². The second-order valence-corrected chi connectivity index (χ2v) is 10.7. The summed E-state index contributed by atoms with van der Waals surface area (Å²) in [4.78, 5) is 15.5. The molecule has 5 nitrogen and oxygen atoms in total. The maximum atomic E-state index is 13.2. The molecule has 6 heteroatoms. The summed E-state index contributed by atoms with van der Waals surface area (Å²) in [5.74, 6) is 0.384. The Balaban J connectivity index is 1.43. The molecule has 2 aliphatic rings. The Kier molecular flexibility index (Phi) is 5.73. The van der Waals surface area contributed by atoms with Crippen molar-refractivity contribution in [3.8, 4) is 0 Å². The number of aryl methyl sites for hydroxylation is 1. The van der Waals surface area contributed by atoms with Crippen LogP contribution in [0.5, 0.6) is 0 Å². The van der Waals surface area contributed by atoms with E-state index in [0.29, 0.717) is 36.7 Å². The zero-order chi connectivity index (χ0) is 21.5. The third-order valence-electron chi connectivity index (χ3n) is 6.45. The van der Waals surface area contributed by atoms with Crippen molar-refractivity contribution in [3.05, 3.63) is 59.2 Å². The van der Waals surface area contributed by atoms with E-state index in [-0.39, 0.29) is 11.8 Å². The predicted octanol–water partition coefficient (Wildman–Crippen LogP) is 4.11. The number of rotatable bonds is 4. The molecule has 160 valence electrons. The van der Waals surface area contributed by atoms with Gasteiger partial charge in [-0.05, 0) is 60.9 Å². The van der Waals surface area contributed by atoms with Crippen LogP contribution in [0.4, 0.5) is 5.69 Å². The molecule has 2 aromatic carbocycles. The number of piperidine rings is 1. The highest BCUT2D eigenvalue weighted by atomic mass is 32.2. The van der Waals surface area contributed by atoms with Gasteiger partial charge in [-0.25, -0.2) is 8.42 Å². The first-order valence-corrected chi connectivity index (χ1v) is 12.2. The average Bonchev–Trinajstić information content (AvgIpc) is 3.19. The number of nitrogens with zero attached hydrogens (tertiary/aromatic N) is 2. The fourth-order valence-electron chi connectivity index (χ4n) is 4.61. The average molecular weight is 427 g/mol. The lowest BCUT2D eigenvalue weighted by Gasteiger charge is -2.33. The first kappa shape index (κ1) is 21.1. The first-order chi connectivity index (χ1) is 14.3. The molecule has 2 aliphatic heterocycles. The van der Waals surface area contributed by atoms with E-state index in [4.69, 9.17) is 0 Å². The summed E-state index contributed by atoms with van der Waals surface area (Å²) in [5, 5.41) is 0. The molecule has 0 atom stereocenters. The number of hydrogen-bond acceptors (Lipinski definition) is 3. The quantitative estimate of drug-likeness (QED) is 0.739. The highest BCUT2D eigenvalue weighted by Crippen LogP contribution is 2.34. The molecule has 0 saturated carbocycles. The van der Waals surface area contributed by atoms with Gasteiger partial charge in [0.05, 0.1) is 4.90 Å². The molecule has 0 radical (unpaired) electrons. The molecule has 1 amide bonds. The first-order valence-electron chi connectivity index (χ1n) is 10.8. The van der Waals surface area contributed by atoms with Gasteiger partial charge >= 0.3 is 0 Å². The van der Waals surface area contributed by atoms with Gasteiger partial charge in [0.2, 0.25) is 15.9 Å². The smallest absolute Gasteiger partial charge is 0.243 e. The van der Waals surface area contributed by atoms with Gasteiger partial charge in [0, 0.05) is 31.2 Å². The van der Waals surface area contributed by atoms with Gasteiger partial charge in [0.15, 0.2) is 0 Å². The zero-order valence-corrected chi connectivity index (χ0v) is 18.8. The Morgan fingerprint density at radius 2 is 1.67 bits per heavy atom. The number of carbonyl (C=O) groups excluding carboxylic acids is 1. The lowest BCUT2D eigenvalue weighted by atomic mass is 9.96. The van der Waals surface area contributed by atoms with Gasteiger partial charge in [-0.1, -0.05) is 44.2 Å². The molecule has 0 spiro atoms. The number of amides is 1. The molecule has 0 bridgehead atoms. The maximum Gasteiger partial charge on any atom is 0.243 e. The van der Waals surface area contributed by atoms with E-state index in [1.165, 1.54) is 9.87 Å². The monoisotopic (exact) mass is 426 g/mol. The van der Waals surface area contributed by atoms with Crippen LogP contribution in [0.3, 0.4) is 0 Å². The Bertz CT molecular complexity index is 1040. The number of benzene rings is 2. The van der Waals surface area contributed by atoms with Crippen LogP contribution in [0.25, 0.3) is 0 Å². The summed E-state index contributed by atoms with van der Waals surface area (Å²) in [6, 6.07) is 13.4. The summed E-state index contributed by atoms with van der Waals surface area (Å²) in [7, 11) is -3.52. The van der Waals surface area contributed by atoms with E-state index in [1.54, 1.807) is 12.1 Å².